The summed E-state index contributed by atoms with van der Waals surface area (Å²) >= 11 is 1.69. The van der Waals surface area contributed by atoms with Gasteiger partial charge in [0.05, 0.1) is 11.2 Å². The first kappa shape index (κ1) is 10.7. The van der Waals surface area contributed by atoms with E-state index in [9.17, 15) is 0 Å². The van der Waals surface area contributed by atoms with Gasteiger partial charge in [0.1, 0.15) is 0 Å². The molecule has 1 N–H and O–H groups in total. The zero-order valence-corrected chi connectivity index (χ0v) is 10.5. The highest BCUT2D eigenvalue weighted by Crippen LogP contribution is 2.43. The molecule has 2 aliphatic carbocycles. The molecule has 1 aromatic heterocycles. The molecule has 0 saturated heterocycles. The van der Waals surface area contributed by atoms with Crippen LogP contribution in [0.5, 0.6) is 0 Å². The van der Waals surface area contributed by atoms with Crippen LogP contribution in [0.1, 0.15) is 44.2 Å². The van der Waals surface area contributed by atoms with Crippen molar-refractivity contribution in [2.24, 2.45) is 11.8 Å². The maximum absolute atomic E-state index is 4.32. The number of nitrogens with one attached hydrogen (secondary N) is 1. The summed E-state index contributed by atoms with van der Waals surface area (Å²) in [5.41, 5.74) is 3.13. The maximum atomic E-state index is 4.32. The lowest BCUT2D eigenvalue weighted by Gasteiger charge is -2.29. The van der Waals surface area contributed by atoms with E-state index in [1.807, 2.05) is 5.51 Å². The molecule has 0 bridgehead atoms. The van der Waals surface area contributed by atoms with Gasteiger partial charge in [0.25, 0.3) is 0 Å². The second-order valence-corrected chi connectivity index (χ2v) is 6.04. The first-order valence-electron chi connectivity index (χ1n) is 6.52. The van der Waals surface area contributed by atoms with Crippen molar-refractivity contribution >= 4 is 11.3 Å². The van der Waals surface area contributed by atoms with Gasteiger partial charge < -0.3 is 5.32 Å². The van der Waals surface area contributed by atoms with Crippen molar-refractivity contribution in [2.45, 2.75) is 51.1 Å². The molecule has 0 spiro atoms. The zero-order chi connectivity index (χ0) is 10.8. The summed E-state index contributed by atoms with van der Waals surface area (Å²) in [5.74, 6) is 2.12. The van der Waals surface area contributed by atoms with Crippen LogP contribution in [0.15, 0.2) is 10.9 Å². The number of nitrogens with zero attached hydrogens (tertiary/aromatic N) is 1. The fourth-order valence-electron chi connectivity index (χ4n) is 2.98. The van der Waals surface area contributed by atoms with Crippen LogP contribution < -0.4 is 5.32 Å². The fourth-order valence-corrected chi connectivity index (χ4v) is 3.54. The Balaban J connectivity index is 1.47. The van der Waals surface area contributed by atoms with Gasteiger partial charge in [-0.25, -0.2) is 4.98 Å². The Morgan fingerprint density at radius 2 is 2.19 bits per heavy atom. The molecule has 3 heteroatoms. The van der Waals surface area contributed by atoms with E-state index in [2.05, 4.69) is 15.7 Å². The van der Waals surface area contributed by atoms with Gasteiger partial charge in [0.15, 0.2) is 0 Å². The Hall–Kier alpha value is -0.410. The van der Waals surface area contributed by atoms with Crippen molar-refractivity contribution in [1.82, 2.24) is 10.3 Å². The Morgan fingerprint density at radius 3 is 2.94 bits per heavy atom. The minimum absolute atomic E-state index is 0.751. The topological polar surface area (TPSA) is 24.9 Å². The normalized spacial score (nSPS) is 30.5. The van der Waals surface area contributed by atoms with Crippen molar-refractivity contribution in [3.63, 3.8) is 0 Å². The summed E-state index contributed by atoms with van der Waals surface area (Å²) in [5, 5.41) is 5.83. The summed E-state index contributed by atoms with van der Waals surface area (Å²) in [7, 11) is 0. The molecule has 0 amide bonds. The number of hydrogen-bond acceptors (Lipinski definition) is 3. The van der Waals surface area contributed by atoms with E-state index in [0.717, 1.165) is 24.4 Å². The van der Waals surface area contributed by atoms with Gasteiger partial charge in [-0.05, 0) is 37.5 Å². The highest BCUT2D eigenvalue weighted by Gasteiger charge is 2.34. The molecule has 3 rings (SSSR count). The molecule has 1 heterocycles. The van der Waals surface area contributed by atoms with Gasteiger partial charge in [-0.15, -0.1) is 11.3 Å². The van der Waals surface area contributed by atoms with Crippen molar-refractivity contribution in [3.8, 4) is 0 Å². The molecule has 2 unspecified atom stereocenters. The first-order valence-corrected chi connectivity index (χ1v) is 7.46. The SMILES string of the molecule is c1nc(CNC2CCCC(C3CC3)C2)cs1. The van der Waals surface area contributed by atoms with Crippen LogP contribution in [-0.2, 0) is 6.54 Å². The molecular weight excluding hydrogens is 216 g/mol. The Labute approximate surface area is 101 Å². The monoisotopic (exact) mass is 236 g/mol. The molecule has 2 atom stereocenters. The van der Waals surface area contributed by atoms with Crippen LogP contribution in [0, 0.1) is 11.8 Å². The fraction of sp³-hybridized carbons (Fsp3) is 0.769. The Morgan fingerprint density at radius 1 is 1.25 bits per heavy atom. The van der Waals surface area contributed by atoms with Crippen LogP contribution in [0.25, 0.3) is 0 Å². The molecule has 2 nitrogen and oxygen atoms in total. The van der Waals surface area contributed by atoms with E-state index < -0.39 is 0 Å². The third-order valence-corrected chi connectivity index (χ3v) is 4.69. The molecule has 88 valence electrons. The lowest BCUT2D eigenvalue weighted by Crippen LogP contribution is -2.34. The van der Waals surface area contributed by atoms with Crippen LogP contribution in [-0.4, -0.2) is 11.0 Å². The molecule has 2 fully saturated rings. The second-order valence-electron chi connectivity index (χ2n) is 5.32. The molecule has 0 aliphatic heterocycles. The van der Waals surface area contributed by atoms with Crippen LogP contribution in [0.3, 0.4) is 0 Å². The molecule has 0 aromatic carbocycles. The van der Waals surface area contributed by atoms with Crippen LogP contribution >= 0.6 is 11.3 Å². The highest BCUT2D eigenvalue weighted by molar-refractivity contribution is 7.07. The van der Waals surface area contributed by atoms with Gasteiger partial charge in [-0.3, -0.25) is 0 Å². The number of aromatic nitrogens is 1. The van der Waals surface area contributed by atoms with Gasteiger partial charge in [0, 0.05) is 18.0 Å². The number of rotatable bonds is 4. The van der Waals surface area contributed by atoms with E-state index >= 15 is 0 Å². The van der Waals surface area contributed by atoms with E-state index in [1.54, 1.807) is 11.3 Å². The van der Waals surface area contributed by atoms with Crippen molar-refractivity contribution in [2.75, 3.05) is 0 Å². The van der Waals surface area contributed by atoms with E-state index in [0.29, 0.717) is 0 Å². The summed E-state index contributed by atoms with van der Waals surface area (Å²) in [6.45, 7) is 0.964. The molecule has 2 saturated carbocycles. The Kier molecular flexibility index (Phi) is 3.25. The average Bonchev–Trinajstić information content (AvgIpc) is 3.05. The smallest absolute Gasteiger partial charge is 0.0795 e. The summed E-state index contributed by atoms with van der Waals surface area (Å²) in [6.07, 6.45) is 8.70. The predicted octanol–water partition coefficient (Wildman–Crippen LogP) is 3.20. The van der Waals surface area contributed by atoms with Gasteiger partial charge in [-0.1, -0.05) is 12.8 Å². The van der Waals surface area contributed by atoms with Crippen LogP contribution in [0.2, 0.25) is 0 Å². The van der Waals surface area contributed by atoms with Crippen molar-refractivity contribution in [1.29, 1.82) is 0 Å². The highest BCUT2D eigenvalue weighted by atomic mass is 32.1. The summed E-state index contributed by atoms with van der Waals surface area (Å²) in [4.78, 5) is 4.32. The maximum Gasteiger partial charge on any atom is 0.0795 e. The largest absolute Gasteiger partial charge is 0.308 e. The molecule has 1 aromatic rings. The second kappa shape index (κ2) is 4.84. The number of thiazole rings is 1. The summed E-state index contributed by atoms with van der Waals surface area (Å²) in [6, 6.07) is 0.751. The van der Waals surface area contributed by atoms with Crippen molar-refractivity contribution < 1.29 is 0 Å². The van der Waals surface area contributed by atoms with E-state index in [1.165, 1.54) is 44.2 Å². The molecule has 16 heavy (non-hydrogen) atoms. The van der Waals surface area contributed by atoms with Gasteiger partial charge in [-0.2, -0.15) is 0 Å². The summed E-state index contributed by atoms with van der Waals surface area (Å²) < 4.78 is 0. The van der Waals surface area contributed by atoms with E-state index in [4.69, 9.17) is 0 Å². The predicted molar refractivity (Wildman–Crippen MR) is 67.4 cm³/mol. The third-order valence-electron chi connectivity index (χ3n) is 4.06. The van der Waals surface area contributed by atoms with Crippen molar-refractivity contribution in [3.05, 3.63) is 16.6 Å². The minimum Gasteiger partial charge on any atom is -0.308 e. The molecule has 2 aliphatic rings. The zero-order valence-electron chi connectivity index (χ0n) is 9.69. The first-order chi connectivity index (χ1) is 7.92. The lowest BCUT2D eigenvalue weighted by molar-refractivity contribution is 0.260. The molecular formula is C13H20N2S. The lowest BCUT2D eigenvalue weighted by atomic mass is 9.83. The van der Waals surface area contributed by atoms with Crippen LogP contribution in [0.4, 0.5) is 0 Å². The quantitative estimate of drug-likeness (QED) is 0.868. The average molecular weight is 236 g/mol. The standard InChI is InChI=1S/C13H20N2S/c1-2-11(10-4-5-10)6-12(3-1)14-7-13-8-16-9-15-13/h8-12,14H,1-7H2. The van der Waals surface area contributed by atoms with Gasteiger partial charge >= 0.3 is 0 Å². The number of hydrogen-bond donors (Lipinski definition) is 1. The molecule has 0 radical (unpaired) electrons. The Bertz CT molecular complexity index is 319. The third kappa shape index (κ3) is 2.64. The van der Waals surface area contributed by atoms with E-state index in [-0.39, 0.29) is 0 Å². The minimum atomic E-state index is 0.751. The van der Waals surface area contributed by atoms with Gasteiger partial charge in [0.2, 0.25) is 0 Å².